The molecule has 2 aromatic carbocycles. The van der Waals surface area contributed by atoms with Crippen LogP contribution in [-0.4, -0.2) is 23.6 Å². The number of aryl methyl sites for hydroxylation is 1. The molecule has 26 heavy (non-hydrogen) atoms. The normalized spacial score (nSPS) is 10.7. The van der Waals surface area contributed by atoms with E-state index < -0.39 is 18.5 Å². The molecule has 132 valence electrons. The van der Waals surface area contributed by atoms with Crippen LogP contribution >= 0.6 is 11.6 Å². The fourth-order valence-electron chi connectivity index (χ4n) is 2.13. The van der Waals surface area contributed by atoms with E-state index in [0.717, 1.165) is 5.56 Å². The standard InChI is InChI=1S/C19H15ClN2O4/c1-12-4-2-7-16(20)18(12)22-19(25)14(10-21)8-13-5-3-6-15(9-13)26-11-17(23)24/h2-9H,11H2,1H3,(H,22,25)(H,23,24)/b14-8+. The van der Waals surface area contributed by atoms with Gasteiger partial charge in [-0.25, -0.2) is 4.79 Å². The number of carbonyl (C=O) groups is 2. The zero-order valence-corrected chi connectivity index (χ0v) is 14.6. The molecule has 2 rings (SSSR count). The molecular weight excluding hydrogens is 356 g/mol. The number of rotatable bonds is 6. The molecule has 0 fully saturated rings. The highest BCUT2D eigenvalue weighted by Gasteiger charge is 2.13. The Hall–Kier alpha value is -3.30. The zero-order valence-electron chi connectivity index (χ0n) is 13.8. The number of anilines is 1. The molecule has 0 bridgehead atoms. The van der Waals surface area contributed by atoms with Gasteiger partial charge < -0.3 is 15.2 Å². The molecule has 0 radical (unpaired) electrons. The first-order valence-electron chi connectivity index (χ1n) is 7.53. The minimum atomic E-state index is -1.10. The second-order valence-corrected chi connectivity index (χ2v) is 5.72. The molecule has 0 saturated heterocycles. The summed E-state index contributed by atoms with van der Waals surface area (Å²) < 4.78 is 5.08. The Labute approximate surface area is 155 Å². The summed E-state index contributed by atoms with van der Waals surface area (Å²) in [4.78, 5) is 22.9. The van der Waals surface area contributed by atoms with Gasteiger partial charge in [-0.2, -0.15) is 5.26 Å². The lowest BCUT2D eigenvalue weighted by molar-refractivity contribution is -0.139. The van der Waals surface area contributed by atoms with E-state index in [2.05, 4.69) is 5.32 Å². The highest BCUT2D eigenvalue weighted by molar-refractivity contribution is 6.34. The minimum absolute atomic E-state index is 0.125. The predicted octanol–water partition coefficient (Wildman–Crippen LogP) is 3.66. The number of ether oxygens (including phenoxy) is 1. The molecule has 0 saturated carbocycles. The minimum Gasteiger partial charge on any atom is -0.482 e. The summed E-state index contributed by atoms with van der Waals surface area (Å²) in [5.74, 6) is -1.38. The van der Waals surface area contributed by atoms with Crippen LogP contribution in [0.4, 0.5) is 5.69 Å². The van der Waals surface area contributed by atoms with Gasteiger partial charge in [0.25, 0.3) is 5.91 Å². The van der Waals surface area contributed by atoms with Crippen molar-refractivity contribution in [3.05, 3.63) is 64.2 Å². The van der Waals surface area contributed by atoms with Gasteiger partial charge in [0, 0.05) is 0 Å². The van der Waals surface area contributed by atoms with Crippen LogP contribution in [0.25, 0.3) is 6.08 Å². The van der Waals surface area contributed by atoms with Crippen LogP contribution in [0.3, 0.4) is 0 Å². The van der Waals surface area contributed by atoms with Crippen molar-refractivity contribution in [2.45, 2.75) is 6.92 Å². The van der Waals surface area contributed by atoms with Gasteiger partial charge in [-0.05, 0) is 42.3 Å². The molecule has 1 amide bonds. The van der Waals surface area contributed by atoms with Crippen LogP contribution in [0, 0.1) is 18.3 Å². The summed E-state index contributed by atoms with van der Waals surface area (Å²) in [6, 6.07) is 13.5. The molecule has 0 spiro atoms. The van der Waals surface area contributed by atoms with Crippen LogP contribution in [-0.2, 0) is 9.59 Å². The van der Waals surface area contributed by atoms with Crippen LogP contribution < -0.4 is 10.1 Å². The molecule has 0 aliphatic carbocycles. The van der Waals surface area contributed by atoms with Crippen LogP contribution in [0.1, 0.15) is 11.1 Å². The van der Waals surface area contributed by atoms with Crippen molar-refractivity contribution < 1.29 is 19.4 Å². The summed E-state index contributed by atoms with van der Waals surface area (Å²) in [5.41, 5.74) is 1.61. The topological polar surface area (TPSA) is 99.4 Å². The number of nitrogens with zero attached hydrogens (tertiary/aromatic N) is 1. The molecule has 2 aromatic rings. The summed E-state index contributed by atoms with van der Waals surface area (Å²) >= 11 is 6.08. The van der Waals surface area contributed by atoms with Gasteiger partial charge >= 0.3 is 5.97 Å². The largest absolute Gasteiger partial charge is 0.482 e. The van der Waals surface area contributed by atoms with Crippen molar-refractivity contribution in [2.75, 3.05) is 11.9 Å². The van der Waals surface area contributed by atoms with E-state index in [1.165, 1.54) is 12.1 Å². The number of hydrogen-bond donors (Lipinski definition) is 2. The van der Waals surface area contributed by atoms with E-state index in [1.54, 1.807) is 43.3 Å². The third-order valence-corrected chi connectivity index (χ3v) is 3.67. The lowest BCUT2D eigenvalue weighted by atomic mass is 10.1. The molecule has 2 N–H and O–H groups in total. The SMILES string of the molecule is Cc1cccc(Cl)c1NC(=O)/C(C#N)=C/c1cccc(OCC(=O)O)c1. The number of nitriles is 1. The maximum Gasteiger partial charge on any atom is 0.341 e. The Morgan fingerprint density at radius 1 is 1.31 bits per heavy atom. The zero-order chi connectivity index (χ0) is 19.1. The molecule has 0 aromatic heterocycles. The number of benzene rings is 2. The van der Waals surface area contributed by atoms with Crippen molar-refractivity contribution in [3.63, 3.8) is 0 Å². The molecule has 6 nitrogen and oxygen atoms in total. The summed E-state index contributed by atoms with van der Waals surface area (Å²) in [5, 5.41) is 20.9. The summed E-state index contributed by atoms with van der Waals surface area (Å²) in [6.07, 6.45) is 1.38. The fraction of sp³-hybridized carbons (Fsp3) is 0.105. The first-order valence-corrected chi connectivity index (χ1v) is 7.91. The molecule has 0 heterocycles. The van der Waals surface area contributed by atoms with Gasteiger partial charge in [0.05, 0.1) is 10.7 Å². The molecule has 0 unspecified atom stereocenters. The van der Waals surface area contributed by atoms with Crippen LogP contribution in [0.5, 0.6) is 5.75 Å². The maximum atomic E-state index is 12.4. The lowest BCUT2D eigenvalue weighted by Gasteiger charge is -2.09. The smallest absolute Gasteiger partial charge is 0.341 e. The number of nitrogens with one attached hydrogen (secondary N) is 1. The number of carbonyl (C=O) groups excluding carboxylic acids is 1. The van der Waals surface area contributed by atoms with Crippen LogP contribution in [0.15, 0.2) is 48.0 Å². The van der Waals surface area contributed by atoms with Crippen molar-refractivity contribution in [1.29, 1.82) is 5.26 Å². The molecule has 0 aliphatic rings. The van der Waals surface area contributed by atoms with Crippen molar-refractivity contribution in [3.8, 4) is 11.8 Å². The second kappa shape index (κ2) is 8.70. The van der Waals surface area contributed by atoms with Gasteiger partial charge in [-0.1, -0.05) is 35.9 Å². The molecule has 0 aliphatic heterocycles. The van der Waals surface area contributed by atoms with E-state index in [-0.39, 0.29) is 5.57 Å². The maximum absolute atomic E-state index is 12.4. The van der Waals surface area contributed by atoms with Crippen molar-refractivity contribution >= 4 is 35.2 Å². The number of carboxylic acid groups (broad SMARTS) is 1. The first kappa shape index (κ1) is 19.0. The van der Waals surface area contributed by atoms with Crippen molar-refractivity contribution in [2.24, 2.45) is 0 Å². The summed E-state index contributed by atoms with van der Waals surface area (Å²) in [6.45, 7) is 1.31. The highest BCUT2D eigenvalue weighted by Crippen LogP contribution is 2.26. The first-order chi connectivity index (χ1) is 12.4. The Balaban J connectivity index is 2.22. The van der Waals surface area contributed by atoms with E-state index in [1.807, 2.05) is 6.07 Å². The van der Waals surface area contributed by atoms with Crippen LogP contribution in [0.2, 0.25) is 5.02 Å². The monoisotopic (exact) mass is 370 g/mol. The third-order valence-electron chi connectivity index (χ3n) is 3.36. The number of para-hydroxylation sites is 1. The van der Waals surface area contributed by atoms with Gasteiger partial charge in [0.1, 0.15) is 17.4 Å². The predicted molar refractivity (Wildman–Crippen MR) is 98.0 cm³/mol. The summed E-state index contributed by atoms with van der Waals surface area (Å²) in [7, 11) is 0. The Morgan fingerprint density at radius 3 is 2.69 bits per heavy atom. The van der Waals surface area contributed by atoms with E-state index in [4.69, 9.17) is 21.4 Å². The average molecular weight is 371 g/mol. The molecule has 0 atom stereocenters. The number of halogens is 1. The van der Waals surface area contributed by atoms with E-state index in [0.29, 0.717) is 22.0 Å². The van der Waals surface area contributed by atoms with Gasteiger partial charge in [0.2, 0.25) is 0 Å². The quantitative estimate of drug-likeness (QED) is 0.597. The fourth-order valence-corrected chi connectivity index (χ4v) is 2.39. The molecular formula is C19H15ClN2O4. The molecule has 7 heteroatoms. The Morgan fingerprint density at radius 2 is 2.04 bits per heavy atom. The number of carboxylic acids is 1. The second-order valence-electron chi connectivity index (χ2n) is 5.31. The van der Waals surface area contributed by atoms with E-state index in [9.17, 15) is 14.9 Å². The lowest BCUT2D eigenvalue weighted by Crippen LogP contribution is -2.14. The average Bonchev–Trinajstić information content (AvgIpc) is 2.61. The third kappa shape index (κ3) is 5.10. The van der Waals surface area contributed by atoms with Crippen molar-refractivity contribution in [1.82, 2.24) is 0 Å². The Kier molecular flexibility index (Phi) is 6.36. The van der Waals surface area contributed by atoms with Gasteiger partial charge in [-0.15, -0.1) is 0 Å². The van der Waals surface area contributed by atoms with Gasteiger partial charge in [0.15, 0.2) is 6.61 Å². The van der Waals surface area contributed by atoms with E-state index >= 15 is 0 Å². The Bertz CT molecular complexity index is 896. The number of amides is 1. The number of aliphatic carboxylic acids is 1. The number of hydrogen-bond acceptors (Lipinski definition) is 4. The van der Waals surface area contributed by atoms with Gasteiger partial charge in [-0.3, -0.25) is 4.79 Å². The highest BCUT2D eigenvalue weighted by atomic mass is 35.5.